The van der Waals surface area contributed by atoms with Gasteiger partial charge in [-0.3, -0.25) is 10.1 Å². The van der Waals surface area contributed by atoms with Gasteiger partial charge in [-0.2, -0.15) is 0 Å². The van der Waals surface area contributed by atoms with Gasteiger partial charge in [0.05, 0.1) is 29.4 Å². The number of rotatable bonds is 4. The first-order valence-electron chi connectivity index (χ1n) is 5.09. The molecule has 0 unspecified atom stereocenters. The highest BCUT2D eigenvalue weighted by Crippen LogP contribution is 2.24. The highest BCUT2D eigenvalue weighted by Gasteiger charge is 2.14. The summed E-state index contributed by atoms with van der Waals surface area (Å²) in [4.78, 5) is 14.6. The van der Waals surface area contributed by atoms with Crippen LogP contribution in [0, 0.1) is 10.1 Å². The standard InChI is InChI=1S/C11H9BrClN3O2/c12-9-2-1-8(11(3-9)16(17)18)5-15-6-10(4-13)14-7-15/h1-3,6-7H,4-5H2. The Morgan fingerprint density at radius 2 is 2.28 bits per heavy atom. The summed E-state index contributed by atoms with van der Waals surface area (Å²) in [5.41, 5.74) is 1.46. The molecule has 0 radical (unpaired) electrons. The van der Waals surface area contributed by atoms with Gasteiger partial charge in [-0.25, -0.2) is 4.98 Å². The number of hydrogen-bond donors (Lipinski definition) is 0. The van der Waals surface area contributed by atoms with E-state index in [4.69, 9.17) is 11.6 Å². The van der Waals surface area contributed by atoms with E-state index in [0.29, 0.717) is 22.5 Å². The van der Waals surface area contributed by atoms with Gasteiger partial charge in [-0.15, -0.1) is 11.6 Å². The van der Waals surface area contributed by atoms with E-state index in [1.54, 1.807) is 29.2 Å². The first-order valence-corrected chi connectivity index (χ1v) is 6.42. The normalized spacial score (nSPS) is 10.6. The summed E-state index contributed by atoms with van der Waals surface area (Å²) in [7, 11) is 0. The third-order valence-corrected chi connectivity index (χ3v) is 3.19. The number of benzene rings is 1. The Labute approximate surface area is 117 Å². The van der Waals surface area contributed by atoms with E-state index in [-0.39, 0.29) is 10.6 Å². The summed E-state index contributed by atoms with van der Waals surface area (Å²) >= 11 is 8.88. The molecule has 1 aromatic carbocycles. The number of aromatic nitrogens is 2. The maximum atomic E-state index is 11.0. The highest BCUT2D eigenvalue weighted by atomic mass is 79.9. The molecule has 0 atom stereocenters. The fraction of sp³-hybridized carbons (Fsp3) is 0.182. The third-order valence-electron chi connectivity index (χ3n) is 2.42. The Kier molecular flexibility index (Phi) is 3.98. The van der Waals surface area contributed by atoms with Gasteiger partial charge in [0.1, 0.15) is 0 Å². The fourth-order valence-electron chi connectivity index (χ4n) is 1.60. The Hall–Kier alpha value is -1.40. The monoisotopic (exact) mass is 329 g/mol. The minimum absolute atomic E-state index is 0.0884. The van der Waals surface area contributed by atoms with Crippen molar-refractivity contribution < 1.29 is 4.92 Å². The van der Waals surface area contributed by atoms with Crippen LogP contribution in [-0.4, -0.2) is 14.5 Å². The number of halogens is 2. The maximum Gasteiger partial charge on any atom is 0.275 e. The van der Waals surface area contributed by atoms with Gasteiger partial charge in [0.15, 0.2) is 0 Å². The van der Waals surface area contributed by atoms with Gasteiger partial charge in [-0.05, 0) is 12.1 Å². The van der Waals surface area contributed by atoms with E-state index in [0.717, 1.165) is 5.69 Å². The van der Waals surface area contributed by atoms with Crippen LogP contribution >= 0.6 is 27.5 Å². The molecule has 0 spiro atoms. The van der Waals surface area contributed by atoms with Crippen LogP contribution in [0.2, 0.25) is 0 Å². The van der Waals surface area contributed by atoms with E-state index in [1.165, 1.54) is 6.07 Å². The van der Waals surface area contributed by atoms with Crippen molar-refractivity contribution >= 4 is 33.2 Å². The number of alkyl halides is 1. The lowest BCUT2D eigenvalue weighted by Gasteiger charge is -2.04. The van der Waals surface area contributed by atoms with Gasteiger partial charge in [0, 0.05) is 22.3 Å². The molecule has 0 aliphatic carbocycles. The first kappa shape index (κ1) is 13.0. The molecule has 94 valence electrons. The summed E-state index contributed by atoms with van der Waals surface area (Å²) in [6.07, 6.45) is 3.39. The lowest BCUT2D eigenvalue weighted by Crippen LogP contribution is -2.01. The molecule has 0 saturated heterocycles. The summed E-state index contributed by atoms with van der Waals surface area (Å²) in [5.74, 6) is 0.329. The maximum absolute atomic E-state index is 11.0. The SMILES string of the molecule is O=[N+]([O-])c1cc(Br)ccc1Cn1cnc(CCl)c1. The molecule has 5 nitrogen and oxygen atoms in total. The van der Waals surface area contributed by atoms with Crippen molar-refractivity contribution in [3.63, 3.8) is 0 Å². The van der Waals surface area contributed by atoms with Crippen LogP contribution in [0.3, 0.4) is 0 Å². The second-order valence-electron chi connectivity index (χ2n) is 3.70. The fourth-order valence-corrected chi connectivity index (χ4v) is 2.09. The quantitative estimate of drug-likeness (QED) is 0.491. The topological polar surface area (TPSA) is 61.0 Å². The third kappa shape index (κ3) is 2.88. The first-order chi connectivity index (χ1) is 8.60. The minimum Gasteiger partial charge on any atom is -0.332 e. The smallest absolute Gasteiger partial charge is 0.275 e. The van der Waals surface area contributed by atoms with E-state index >= 15 is 0 Å². The van der Waals surface area contributed by atoms with Gasteiger partial charge < -0.3 is 4.57 Å². The summed E-state index contributed by atoms with van der Waals surface area (Å²) in [6.45, 7) is 0.396. The lowest BCUT2D eigenvalue weighted by molar-refractivity contribution is -0.385. The van der Waals surface area contributed by atoms with Crippen molar-refractivity contribution in [2.75, 3.05) is 0 Å². The number of imidazole rings is 1. The van der Waals surface area contributed by atoms with Crippen molar-refractivity contribution in [2.24, 2.45) is 0 Å². The van der Waals surface area contributed by atoms with Crippen molar-refractivity contribution in [1.29, 1.82) is 0 Å². The molecule has 0 amide bonds. The van der Waals surface area contributed by atoms with Crippen LogP contribution in [0.15, 0.2) is 35.2 Å². The van der Waals surface area contributed by atoms with Gasteiger partial charge in [-0.1, -0.05) is 15.9 Å². The van der Waals surface area contributed by atoms with Gasteiger partial charge in [0.25, 0.3) is 5.69 Å². The molecule has 0 aliphatic rings. The predicted molar refractivity (Wildman–Crippen MR) is 71.7 cm³/mol. The number of nitro benzene ring substituents is 1. The summed E-state index contributed by atoms with van der Waals surface area (Å²) in [5, 5.41) is 11.0. The zero-order valence-electron chi connectivity index (χ0n) is 9.22. The second-order valence-corrected chi connectivity index (χ2v) is 4.88. The van der Waals surface area contributed by atoms with E-state index in [1.807, 2.05) is 0 Å². The predicted octanol–water partition coefficient (Wildman–Crippen LogP) is 3.34. The molecule has 18 heavy (non-hydrogen) atoms. The molecule has 1 aromatic heterocycles. The molecule has 2 aromatic rings. The second kappa shape index (κ2) is 5.49. The van der Waals surface area contributed by atoms with Crippen molar-refractivity contribution in [2.45, 2.75) is 12.4 Å². The Morgan fingerprint density at radius 1 is 1.50 bits per heavy atom. The molecule has 1 heterocycles. The molecular formula is C11H9BrClN3O2. The number of hydrogen-bond acceptors (Lipinski definition) is 3. The van der Waals surface area contributed by atoms with Crippen LogP contribution < -0.4 is 0 Å². The minimum atomic E-state index is -0.389. The van der Waals surface area contributed by atoms with Crippen molar-refractivity contribution in [3.05, 3.63) is 56.6 Å². The molecular weight excluding hydrogens is 321 g/mol. The Morgan fingerprint density at radius 3 is 2.89 bits per heavy atom. The molecule has 0 fully saturated rings. The highest BCUT2D eigenvalue weighted by molar-refractivity contribution is 9.10. The van der Waals surface area contributed by atoms with Crippen LogP contribution in [0.25, 0.3) is 0 Å². The van der Waals surface area contributed by atoms with E-state index in [2.05, 4.69) is 20.9 Å². The Balaban J connectivity index is 2.30. The number of nitro groups is 1. The molecule has 0 N–H and O–H groups in total. The largest absolute Gasteiger partial charge is 0.332 e. The molecule has 0 aliphatic heterocycles. The summed E-state index contributed by atoms with van der Waals surface area (Å²) < 4.78 is 2.46. The molecule has 7 heteroatoms. The molecule has 2 rings (SSSR count). The zero-order chi connectivity index (χ0) is 13.1. The summed E-state index contributed by atoms with van der Waals surface area (Å²) in [6, 6.07) is 5.00. The van der Waals surface area contributed by atoms with Crippen LogP contribution in [-0.2, 0) is 12.4 Å². The van der Waals surface area contributed by atoms with Crippen molar-refractivity contribution in [1.82, 2.24) is 9.55 Å². The van der Waals surface area contributed by atoms with Gasteiger partial charge in [0.2, 0.25) is 0 Å². The lowest BCUT2D eigenvalue weighted by atomic mass is 10.2. The average molecular weight is 331 g/mol. The van der Waals surface area contributed by atoms with E-state index < -0.39 is 0 Å². The van der Waals surface area contributed by atoms with E-state index in [9.17, 15) is 10.1 Å². The van der Waals surface area contributed by atoms with Crippen molar-refractivity contribution in [3.8, 4) is 0 Å². The average Bonchev–Trinajstić information content (AvgIpc) is 2.79. The number of nitrogens with zero attached hydrogens (tertiary/aromatic N) is 3. The van der Waals surface area contributed by atoms with Gasteiger partial charge >= 0.3 is 0 Å². The van der Waals surface area contributed by atoms with Crippen LogP contribution in [0.1, 0.15) is 11.3 Å². The van der Waals surface area contributed by atoms with Crippen LogP contribution in [0.5, 0.6) is 0 Å². The Bertz CT molecular complexity index is 585. The zero-order valence-corrected chi connectivity index (χ0v) is 11.6. The molecule has 0 saturated carbocycles. The molecule has 0 bridgehead atoms. The van der Waals surface area contributed by atoms with Crippen LogP contribution in [0.4, 0.5) is 5.69 Å².